The van der Waals surface area contributed by atoms with Crippen LogP contribution in [0.25, 0.3) is 0 Å². The highest BCUT2D eigenvalue weighted by atomic mass is 35.5. The van der Waals surface area contributed by atoms with Crippen molar-refractivity contribution in [3.8, 4) is 0 Å². The highest BCUT2D eigenvalue weighted by Crippen LogP contribution is 2.27. The maximum absolute atomic E-state index is 11.9. The number of benzene rings is 2. The van der Waals surface area contributed by atoms with Crippen molar-refractivity contribution >= 4 is 50.4 Å². The number of hydrogen-bond acceptors (Lipinski definition) is 5. The summed E-state index contributed by atoms with van der Waals surface area (Å²) in [6.45, 7) is 0. The van der Waals surface area contributed by atoms with Crippen LogP contribution in [0.4, 0.5) is 27.5 Å². The van der Waals surface area contributed by atoms with Gasteiger partial charge in [0.25, 0.3) is 5.69 Å². The Bertz CT molecular complexity index is 915. The molecule has 0 bridgehead atoms. The zero-order valence-corrected chi connectivity index (χ0v) is 14.4. The van der Waals surface area contributed by atoms with Crippen molar-refractivity contribution in [1.29, 1.82) is 0 Å². The second kappa shape index (κ2) is 7.36. The van der Waals surface area contributed by atoms with Crippen molar-refractivity contribution in [2.45, 2.75) is 0 Å². The second-order valence-corrected chi connectivity index (χ2v) is 7.11. The molecule has 0 spiro atoms. The van der Waals surface area contributed by atoms with Crippen LogP contribution in [0.3, 0.4) is 0 Å². The van der Waals surface area contributed by atoms with Gasteiger partial charge in [-0.3, -0.25) is 14.8 Å². The molecule has 2 rings (SSSR count). The molecule has 0 heterocycles. The summed E-state index contributed by atoms with van der Waals surface area (Å²) in [5, 5.41) is 15.7. The fourth-order valence-electron chi connectivity index (χ4n) is 1.86. The van der Waals surface area contributed by atoms with Crippen LogP contribution in [0, 0.1) is 10.1 Å². The topological polar surface area (TPSA) is 130 Å². The number of carbonyl (C=O) groups excluding carboxylic acids is 1. The fourth-order valence-corrected chi connectivity index (χ4v) is 2.61. The predicted molar refractivity (Wildman–Crippen MR) is 95.7 cm³/mol. The maximum atomic E-state index is 11.9. The van der Waals surface area contributed by atoms with Gasteiger partial charge in [-0.15, -0.1) is 0 Å². The van der Waals surface area contributed by atoms with Crippen molar-refractivity contribution in [1.82, 2.24) is 0 Å². The lowest BCUT2D eigenvalue weighted by Crippen LogP contribution is -2.19. The Hall–Kier alpha value is -2.85. The van der Waals surface area contributed by atoms with Crippen LogP contribution in [0.15, 0.2) is 42.5 Å². The van der Waals surface area contributed by atoms with E-state index in [1.807, 2.05) is 0 Å². The van der Waals surface area contributed by atoms with Crippen LogP contribution in [-0.2, 0) is 10.0 Å². The van der Waals surface area contributed by atoms with Gasteiger partial charge in [-0.05, 0) is 36.4 Å². The standard InChI is InChI=1S/C14H13ClN4O5S/c1-25(23,24)18-10-4-2-9(3-5-10)16-14(20)17-11-6-7-12(15)13(8-11)19(21)22/h2-8,18H,1H3,(H2,16,17,20). The molecular formula is C14H13ClN4O5S. The smallest absolute Gasteiger partial charge is 0.308 e. The first-order valence-corrected chi connectivity index (χ1v) is 9.01. The summed E-state index contributed by atoms with van der Waals surface area (Å²) >= 11 is 5.70. The van der Waals surface area contributed by atoms with E-state index < -0.39 is 21.0 Å². The average molecular weight is 385 g/mol. The molecule has 0 fully saturated rings. The van der Waals surface area contributed by atoms with E-state index >= 15 is 0 Å². The third-order valence-electron chi connectivity index (χ3n) is 2.85. The summed E-state index contributed by atoms with van der Waals surface area (Å²) in [7, 11) is -3.38. The predicted octanol–water partition coefficient (Wildman–Crippen LogP) is 3.26. The van der Waals surface area contributed by atoms with Crippen molar-refractivity contribution in [3.05, 3.63) is 57.6 Å². The highest BCUT2D eigenvalue weighted by molar-refractivity contribution is 7.92. The Morgan fingerprint density at radius 2 is 1.56 bits per heavy atom. The van der Waals surface area contributed by atoms with Gasteiger partial charge in [0.15, 0.2) is 0 Å². The lowest BCUT2D eigenvalue weighted by molar-refractivity contribution is -0.384. The second-order valence-electron chi connectivity index (χ2n) is 4.95. The van der Waals surface area contributed by atoms with Crippen LogP contribution < -0.4 is 15.4 Å². The molecule has 0 saturated heterocycles. The van der Waals surface area contributed by atoms with Gasteiger partial charge < -0.3 is 10.6 Å². The molecule has 9 nitrogen and oxygen atoms in total. The Kier molecular flexibility index (Phi) is 5.45. The molecule has 0 aliphatic heterocycles. The van der Waals surface area contributed by atoms with E-state index in [1.54, 1.807) is 0 Å². The van der Waals surface area contributed by atoms with Gasteiger partial charge in [-0.25, -0.2) is 13.2 Å². The van der Waals surface area contributed by atoms with Crippen molar-refractivity contribution < 1.29 is 18.1 Å². The van der Waals surface area contributed by atoms with Gasteiger partial charge >= 0.3 is 6.03 Å². The summed E-state index contributed by atoms with van der Waals surface area (Å²) in [4.78, 5) is 22.1. The van der Waals surface area contributed by atoms with Crippen molar-refractivity contribution in [2.24, 2.45) is 0 Å². The first-order chi connectivity index (χ1) is 11.6. The molecule has 0 radical (unpaired) electrons. The average Bonchev–Trinajstić information content (AvgIpc) is 2.49. The van der Waals surface area contributed by atoms with Crippen LogP contribution in [0.1, 0.15) is 0 Å². The fraction of sp³-hybridized carbons (Fsp3) is 0.0714. The molecule has 0 saturated carbocycles. The number of rotatable bonds is 5. The lowest BCUT2D eigenvalue weighted by atomic mass is 10.3. The van der Waals surface area contributed by atoms with E-state index in [-0.39, 0.29) is 16.4 Å². The lowest BCUT2D eigenvalue weighted by Gasteiger charge is -2.09. The van der Waals surface area contributed by atoms with Crippen LogP contribution in [0.5, 0.6) is 0 Å². The number of anilines is 3. The molecule has 0 aromatic heterocycles. The number of nitrogens with zero attached hydrogens (tertiary/aromatic N) is 1. The molecule has 0 unspecified atom stereocenters. The zero-order valence-electron chi connectivity index (χ0n) is 12.8. The molecule has 2 amide bonds. The molecule has 0 aliphatic rings. The van der Waals surface area contributed by atoms with Crippen molar-refractivity contribution in [3.63, 3.8) is 0 Å². The van der Waals surface area contributed by atoms with Crippen LogP contribution >= 0.6 is 11.6 Å². The number of amides is 2. The summed E-state index contributed by atoms with van der Waals surface area (Å²) in [6.07, 6.45) is 1.03. The van der Waals surface area contributed by atoms with Gasteiger partial charge in [-0.1, -0.05) is 11.6 Å². The summed E-state index contributed by atoms with van der Waals surface area (Å²) in [6, 6.07) is 9.19. The highest BCUT2D eigenvalue weighted by Gasteiger charge is 2.14. The minimum absolute atomic E-state index is 0.0371. The van der Waals surface area contributed by atoms with E-state index in [9.17, 15) is 23.3 Å². The Morgan fingerprint density at radius 3 is 2.12 bits per heavy atom. The van der Waals surface area contributed by atoms with Crippen LogP contribution in [-0.4, -0.2) is 25.6 Å². The zero-order chi connectivity index (χ0) is 18.6. The largest absolute Gasteiger partial charge is 0.323 e. The molecule has 2 aromatic carbocycles. The van der Waals surface area contributed by atoms with Crippen molar-refractivity contribution in [2.75, 3.05) is 21.6 Å². The third kappa shape index (κ3) is 5.62. The molecule has 25 heavy (non-hydrogen) atoms. The maximum Gasteiger partial charge on any atom is 0.323 e. The number of nitro benzene ring substituents is 1. The molecule has 11 heteroatoms. The van der Waals surface area contributed by atoms with Gasteiger partial charge in [0, 0.05) is 23.1 Å². The first-order valence-electron chi connectivity index (χ1n) is 6.74. The number of carbonyl (C=O) groups is 1. The third-order valence-corrected chi connectivity index (χ3v) is 3.77. The molecule has 2 aromatic rings. The minimum Gasteiger partial charge on any atom is -0.308 e. The van der Waals surface area contributed by atoms with Gasteiger partial charge in [0.05, 0.1) is 11.2 Å². The number of nitrogens with one attached hydrogen (secondary N) is 3. The van der Waals surface area contributed by atoms with E-state index in [0.29, 0.717) is 11.4 Å². The minimum atomic E-state index is -3.38. The first kappa shape index (κ1) is 18.5. The summed E-state index contributed by atoms with van der Waals surface area (Å²) < 4.78 is 24.5. The summed E-state index contributed by atoms with van der Waals surface area (Å²) in [5.74, 6) is 0. The van der Waals surface area contributed by atoms with Gasteiger partial charge in [0.2, 0.25) is 10.0 Å². The number of hydrogen-bond donors (Lipinski definition) is 3. The molecular weight excluding hydrogens is 372 g/mol. The van der Waals surface area contributed by atoms with Crippen LogP contribution in [0.2, 0.25) is 5.02 Å². The van der Waals surface area contributed by atoms with E-state index in [2.05, 4.69) is 15.4 Å². The quantitative estimate of drug-likeness (QED) is 0.538. The van der Waals surface area contributed by atoms with E-state index in [1.165, 1.54) is 36.4 Å². The van der Waals surface area contributed by atoms with E-state index in [4.69, 9.17) is 11.6 Å². The number of sulfonamides is 1. The van der Waals surface area contributed by atoms with Gasteiger partial charge in [0.1, 0.15) is 5.02 Å². The molecule has 0 aliphatic carbocycles. The Balaban J connectivity index is 2.03. The van der Waals surface area contributed by atoms with Gasteiger partial charge in [-0.2, -0.15) is 0 Å². The monoisotopic (exact) mass is 384 g/mol. The molecule has 132 valence electrons. The molecule has 0 atom stereocenters. The Morgan fingerprint density at radius 1 is 1.04 bits per heavy atom. The SMILES string of the molecule is CS(=O)(=O)Nc1ccc(NC(=O)Nc2ccc(Cl)c([N+](=O)[O-])c2)cc1. The number of nitro groups is 1. The Labute approximate surface area is 148 Å². The number of halogens is 1. The number of urea groups is 1. The normalized spacial score (nSPS) is 10.8. The summed E-state index contributed by atoms with van der Waals surface area (Å²) in [5.41, 5.74) is 0.626. The van der Waals surface area contributed by atoms with E-state index in [0.717, 1.165) is 12.3 Å². The molecule has 3 N–H and O–H groups in total.